The summed E-state index contributed by atoms with van der Waals surface area (Å²) in [6.45, 7) is 5.73. The van der Waals surface area contributed by atoms with Crippen molar-refractivity contribution in [3.05, 3.63) is 12.2 Å². The zero-order valence-electron chi connectivity index (χ0n) is 10.1. The molecule has 2 N–H and O–H groups in total. The Labute approximate surface area is 93.8 Å². The summed E-state index contributed by atoms with van der Waals surface area (Å²) in [5.41, 5.74) is 0. The van der Waals surface area contributed by atoms with Gasteiger partial charge in [0.2, 0.25) is 0 Å². The fraction of sp³-hybridized carbons (Fsp3) is 0.846. The number of aliphatic hydroxyl groups excluding tert-OH is 1. The van der Waals surface area contributed by atoms with Gasteiger partial charge in [0.05, 0.1) is 6.61 Å². The average molecular weight is 211 g/mol. The Morgan fingerprint density at radius 1 is 1.40 bits per heavy atom. The van der Waals surface area contributed by atoms with Gasteiger partial charge in [0, 0.05) is 6.04 Å². The summed E-state index contributed by atoms with van der Waals surface area (Å²) in [7, 11) is 0. The third kappa shape index (κ3) is 5.33. The van der Waals surface area contributed by atoms with Crippen LogP contribution in [0.1, 0.15) is 39.5 Å². The van der Waals surface area contributed by atoms with Crippen LogP contribution in [0.3, 0.4) is 0 Å². The Kier molecular flexibility index (Phi) is 5.96. The molecular weight excluding hydrogens is 186 g/mol. The van der Waals surface area contributed by atoms with Gasteiger partial charge in [-0.2, -0.15) is 0 Å². The summed E-state index contributed by atoms with van der Waals surface area (Å²) in [6, 6.07) is 0.288. The Bertz CT molecular complexity index is 189. The Hall–Kier alpha value is -0.340. The molecule has 0 aromatic carbocycles. The van der Waals surface area contributed by atoms with Crippen LogP contribution < -0.4 is 5.32 Å². The molecule has 0 aliphatic heterocycles. The number of aliphatic hydroxyl groups is 1. The standard InChI is InChI=1S/C13H25NO/c1-11(2)8-13(10-15)14-9-12-6-4-3-5-7-12/h3-4,11-15H,5-10H2,1-2H3/t12-,13+/m1/s1. The van der Waals surface area contributed by atoms with Gasteiger partial charge in [-0.15, -0.1) is 0 Å². The lowest BCUT2D eigenvalue weighted by molar-refractivity contribution is 0.217. The summed E-state index contributed by atoms with van der Waals surface area (Å²) in [4.78, 5) is 0. The van der Waals surface area contributed by atoms with Crippen molar-refractivity contribution >= 4 is 0 Å². The maximum atomic E-state index is 9.23. The highest BCUT2D eigenvalue weighted by Gasteiger charge is 2.13. The predicted molar refractivity (Wildman–Crippen MR) is 64.8 cm³/mol. The number of allylic oxidation sites excluding steroid dienone is 2. The summed E-state index contributed by atoms with van der Waals surface area (Å²) in [5.74, 6) is 1.43. The van der Waals surface area contributed by atoms with Gasteiger partial charge in [-0.1, -0.05) is 26.0 Å². The van der Waals surface area contributed by atoms with Crippen LogP contribution in [-0.2, 0) is 0 Å². The first kappa shape index (κ1) is 12.7. The molecular formula is C13H25NO. The van der Waals surface area contributed by atoms with Gasteiger partial charge in [-0.3, -0.25) is 0 Å². The smallest absolute Gasteiger partial charge is 0.0584 e. The quantitative estimate of drug-likeness (QED) is 0.661. The van der Waals surface area contributed by atoms with Gasteiger partial charge in [0.25, 0.3) is 0 Å². The van der Waals surface area contributed by atoms with Crippen molar-refractivity contribution in [3.8, 4) is 0 Å². The van der Waals surface area contributed by atoms with Crippen molar-refractivity contribution in [3.63, 3.8) is 0 Å². The Balaban J connectivity index is 2.18. The maximum absolute atomic E-state index is 9.23. The first-order chi connectivity index (χ1) is 7.22. The van der Waals surface area contributed by atoms with Crippen LogP contribution in [-0.4, -0.2) is 24.3 Å². The molecule has 0 unspecified atom stereocenters. The van der Waals surface area contributed by atoms with E-state index in [1.54, 1.807) is 0 Å². The highest BCUT2D eigenvalue weighted by atomic mass is 16.3. The van der Waals surface area contributed by atoms with Crippen molar-refractivity contribution in [2.24, 2.45) is 11.8 Å². The van der Waals surface area contributed by atoms with Crippen LogP contribution in [0.4, 0.5) is 0 Å². The van der Waals surface area contributed by atoms with Gasteiger partial charge in [0.15, 0.2) is 0 Å². The lowest BCUT2D eigenvalue weighted by Gasteiger charge is -2.23. The van der Waals surface area contributed by atoms with E-state index in [2.05, 4.69) is 31.3 Å². The molecule has 0 spiro atoms. The molecule has 0 heterocycles. The molecule has 0 bridgehead atoms. The Morgan fingerprint density at radius 2 is 2.20 bits per heavy atom. The molecule has 1 aliphatic carbocycles. The van der Waals surface area contributed by atoms with Gasteiger partial charge >= 0.3 is 0 Å². The van der Waals surface area contributed by atoms with E-state index in [4.69, 9.17) is 0 Å². The zero-order chi connectivity index (χ0) is 11.1. The van der Waals surface area contributed by atoms with E-state index in [0.717, 1.165) is 18.9 Å². The topological polar surface area (TPSA) is 32.3 Å². The number of hydrogen-bond acceptors (Lipinski definition) is 2. The van der Waals surface area contributed by atoms with Crippen LogP contribution in [0.5, 0.6) is 0 Å². The molecule has 0 aromatic heterocycles. The molecule has 2 atom stereocenters. The van der Waals surface area contributed by atoms with Crippen LogP contribution in [0.15, 0.2) is 12.2 Å². The van der Waals surface area contributed by atoms with Crippen LogP contribution in [0.25, 0.3) is 0 Å². The van der Waals surface area contributed by atoms with Crippen LogP contribution in [0, 0.1) is 11.8 Å². The average Bonchev–Trinajstić information content (AvgIpc) is 2.25. The minimum Gasteiger partial charge on any atom is -0.395 e. The van der Waals surface area contributed by atoms with E-state index in [0.29, 0.717) is 5.92 Å². The second-order valence-electron chi connectivity index (χ2n) is 5.07. The van der Waals surface area contributed by atoms with E-state index in [1.807, 2.05) is 0 Å². The van der Waals surface area contributed by atoms with Crippen molar-refractivity contribution < 1.29 is 5.11 Å². The minimum absolute atomic E-state index is 0.265. The van der Waals surface area contributed by atoms with Crippen LogP contribution >= 0.6 is 0 Å². The molecule has 0 radical (unpaired) electrons. The van der Waals surface area contributed by atoms with Crippen molar-refractivity contribution in [2.75, 3.05) is 13.2 Å². The minimum atomic E-state index is 0.265. The Morgan fingerprint density at radius 3 is 2.73 bits per heavy atom. The van der Waals surface area contributed by atoms with E-state index in [1.165, 1.54) is 19.3 Å². The molecule has 2 heteroatoms. The second-order valence-corrected chi connectivity index (χ2v) is 5.07. The molecule has 0 aromatic rings. The fourth-order valence-corrected chi connectivity index (χ4v) is 2.17. The predicted octanol–water partition coefficient (Wildman–Crippen LogP) is 2.34. The molecule has 0 amide bonds. The second kappa shape index (κ2) is 7.02. The first-order valence-electron chi connectivity index (χ1n) is 6.21. The molecule has 88 valence electrons. The summed E-state index contributed by atoms with van der Waals surface area (Å²) in [6.07, 6.45) is 9.34. The summed E-state index contributed by atoms with van der Waals surface area (Å²) >= 11 is 0. The molecule has 0 fully saturated rings. The molecule has 1 rings (SSSR count). The number of nitrogens with one attached hydrogen (secondary N) is 1. The highest BCUT2D eigenvalue weighted by Crippen LogP contribution is 2.17. The molecule has 0 saturated carbocycles. The van der Waals surface area contributed by atoms with Gasteiger partial charge in [0.1, 0.15) is 0 Å². The largest absolute Gasteiger partial charge is 0.395 e. The van der Waals surface area contributed by atoms with E-state index in [-0.39, 0.29) is 12.6 Å². The van der Waals surface area contributed by atoms with Crippen LogP contribution in [0.2, 0.25) is 0 Å². The SMILES string of the molecule is CC(C)C[C@@H](CO)NC[C@@H]1CC=CCC1. The van der Waals surface area contributed by atoms with Gasteiger partial charge in [-0.25, -0.2) is 0 Å². The zero-order valence-corrected chi connectivity index (χ0v) is 10.1. The highest BCUT2D eigenvalue weighted by molar-refractivity contribution is 4.90. The molecule has 15 heavy (non-hydrogen) atoms. The summed E-state index contributed by atoms with van der Waals surface area (Å²) < 4.78 is 0. The lowest BCUT2D eigenvalue weighted by Crippen LogP contribution is -2.37. The van der Waals surface area contributed by atoms with Gasteiger partial charge in [-0.05, 0) is 44.1 Å². The van der Waals surface area contributed by atoms with Crippen molar-refractivity contribution in [2.45, 2.75) is 45.6 Å². The van der Waals surface area contributed by atoms with E-state index in [9.17, 15) is 5.11 Å². The monoisotopic (exact) mass is 211 g/mol. The third-order valence-electron chi connectivity index (χ3n) is 3.05. The number of rotatable bonds is 6. The molecule has 0 saturated heterocycles. The van der Waals surface area contributed by atoms with Crippen molar-refractivity contribution in [1.82, 2.24) is 5.32 Å². The first-order valence-corrected chi connectivity index (χ1v) is 6.21. The molecule has 2 nitrogen and oxygen atoms in total. The van der Waals surface area contributed by atoms with Gasteiger partial charge < -0.3 is 10.4 Å². The fourth-order valence-electron chi connectivity index (χ4n) is 2.17. The third-order valence-corrected chi connectivity index (χ3v) is 3.05. The van der Waals surface area contributed by atoms with E-state index >= 15 is 0 Å². The molecule has 1 aliphatic rings. The maximum Gasteiger partial charge on any atom is 0.0584 e. The number of hydrogen-bond donors (Lipinski definition) is 2. The van der Waals surface area contributed by atoms with Crippen molar-refractivity contribution in [1.29, 1.82) is 0 Å². The lowest BCUT2D eigenvalue weighted by atomic mass is 9.94. The van der Waals surface area contributed by atoms with E-state index < -0.39 is 0 Å². The normalized spacial score (nSPS) is 23.3. The summed E-state index contributed by atoms with van der Waals surface area (Å²) in [5, 5.41) is 12.7.